The molecule has 118 valence electrons. The molecule has 0 bridgehead atoms. The van der Waals surface area contributed by atoms with Crippen LogP contribution >= 0.6 is 11.6 Å². The number of piperidine rings is 1. The average molecular weight is 314 g/mol. The number of aromatic nitrogens is 2. The maximum Gasteiger partial charge on any atom is 0.287 e. The van der Waals surface area contributed by atoms with E-state index in [4.69, 9.17) is 11.6 Å². The highest BCUT2D eigenvalue weighted by atomic mass is 35.5. The van der Waals surface area contributed by atoms with Crippen LogP contribution < -0.4 is 16.0 Å². The van der Waals surface area contributed by atoms with E-state index < -0.39 is 0 Å². The number of H-pyrrole nitrogens is 1. The van der Waals surface area contributed by atoms with Gasteiger partial charge in [0.25, 0.3) is 5.91 Å². The molecule has 0 aliphatic carbocycles. The maximum atomic E-state index is 12.3. The minimum absolute atomic E-state index is 0.110. The lowest BCUT2D eigenvalue weighted by Gasteiger charge is -2.33. The number of halogens is 1. The number of hydrogen-bond acceptors (Lipinski definition) is 4. The average Bonchev–Trinajstić information content (AvgIpc) is 2.87. The summed E-state index contributed by atoms with van der Waals surface area (Å²) in [6, 6.07) is 0.359. The second-order valence-electron chi connectivity index (χ2n) is 5.34. The van der Waals surface area contributed by atoms with Crippen molar-refractivity contribution in [2.24, 2.45) is 0 Å². The number of carbonyl (C=O) groups is 1. The lowest BCUT2D eigenvalue weighted by molar-refractivity contribution is 0.0908. The summed E-state index contributed by atoms with van der Waals surface area (Å²) in [5.41, 5.74) is 0.799. The van der Waals surface area contributed by atoms with Gasteiger partial charge in [-0.05, 0) is 32.4 Å². The Labute approximate surface area is 130 Å². The van der Waals surface area contributed by atoms with Gasteiger partial charge in [0, 0.05) is 18.6 Å². The highest BCUT2D eigenvalue weighted by Crippen LogP contribution is 2.13. The van der Waals surface area contributed by atoms with Gasteiger partial charge in [-0.1, -0.05) is 25.4 Å². The molecular weight excluding hydrogens is 290 g/mol. The number of nitrogens with one attached hydrogen (secondary N) is 4. The van der Waals surface area contributed by atoms with Crippen LogP contribution in [-0.4, -0.2) is 47.6 Å². The zero-order valence-electron chi connectivity index (χ0n) is 12.6. The Morgan fingerprint density at radius 3 is 2.90 bits per heavy atom. The normalized spacial score (nSPS) is 22.2. The molecule has 1 aromatic heterocycles. The molecule has 0 spiro atoms. The molecule has 2 atom stereocenters. The fourth-order valence-electron chi connectivity index (χ4n) is 2.54. The summed E-state index contributed by atoms with van der Waals surface area (Å²) in [6.45, 7) is 6.83. The van der Waals surface area contributed by atoms with Crippen molar-refractivity contribution in [1.82, 2.24) is 25.9 Å². The fourth-order valence-corrected chi connectivity index (χ4v) is 2.81. The van der Waals surface area contributed by atoms with E-state index in [9.17, 15) is 4.79 Å². The second kappa shape index (κ2) is 7.77. The minimum Gasteiger partial charge on any atom is -0.345 e. The zero-order chi connectivity index (χ0) is 15.2. The van der Waals surface area contributed by atoms with Crippen molar-refractivity contribution in [2.45, 2.75) is 45.2 Å². The lowest BCUT2D eigenvalue weighted by Crippen LogP contribution is -2.58. The molecule has 1 saturated heterocycles. The largest absolute Gasteiger partial charge is 0.345 e. The summed E-state index contributed by atoms with van der Waals surface area (Å²) >= 11 is 5.98. The monoisotopic (exact) mass is 313 g/mol. The van der Waals surface area contributed by atoms with Crippen LogP contribution in [0.25, 0.3) is 0 Å². The fraction of sp³-hybridized carbons (Fsp3) is 0.714. The van der Waals surface area contributed by atoms with Crippen molar-refractivity contribution in [3.63, 3.8) is 0 Å². The predicted molar refractivity (Wildman–Crippen MR) is 83.8 cm³/mol. The molecule has 0 unspecified atom stereocenters. The molecule has 4 N–H and O–H groups in total. The zero-order valence-corrected chi connectivity index (χ0v) is 13.4. The second-order valence-corrected chi connectivity index (χ2v) is 5.70. The van der Waals surface area contributed by atoms with Crippen molar-refractivity contribution in [3.8, 4) is 0 Å². The number of carbonyl (C=O) groups excluding carboxylic acids is 1. The number of rotatable bonds is 6. The predicted octanol–water partition coefficient (Wildman–Crippen LogP) is 1.09. The molecule has 0 saturated carbocycles. The summed E-state index contributed by atoms with van der Waals surface area (Å²) in [7, 11) is 0. The summed E-state index contributed by atoms with van der Waals surface area (Å²) in [5, 5.41) is 10.3. The maximum absolute atomic E-state index is 12.3. The van der Waals surface area contributed by atoms with Crippen LogP contribution in [0.4, 0.5) is 0 Å². The van der Waals surface area contributed by atoms with Gasteiger partial charge in [-0.2, -0.15) is 0 Å². The molecule has 1 aliphatic heterocycles. The lowest BCUT2D eigenvalue weighted by atomic mass is 10.0. The van der Waals surface area contributed by atoms with Crippen molar-refractivity contribution in [1.29, 1.82) is 0 Å². The van der Waals surface area contributed by atoms with E-state index in [-0.39, 0.29) is 18.0 Å². The standard InChI is InChI=1S/C14H24ClN5O/c1-3-6-17-11-8-16-7-5-10(11)19-14(21)13-18-9(4-2)12(15)20-13/h10-11,16-17H,3-8H2,1-2H3,(H,18,20)(H,19,21)/t10-,11+/m1/s1. The Balaban J connectivity index is 1.98. The molecule has 21 heavy (non-hydrogen) atoms. The summed E-state index contributed by atoms with van der Waals surface area (Å²) in [5.74, 6) is 0.108. The molecule has 2 rings (SSSR count). The Morgan fingerprint density at radius 2 is 2.24 bits per heavy atom. The van der Waals surface area contributed by atoms with Gasteiger partial charge in [-0.3, -0.25) is 4.79 Å². The Morgan fingerprint density at radius 1 is 1.43 bits per heavy atom. The van der Waals surface area contributed by atoms with Gasteiger partial charge >= 0.3 is 0 Å². The van der Waals surface area contributed by atoms with E-state index in [1.807, 2.05) is 6.92 Å². The number of nitrogens with zero attached hydrogens (tertiary/aromatic N) is 1. The summed E-state index contributed by atoms with van der Waals surface area (Å²) < 4.78 is 0. The molecule has 0 radical (unpaired) electrons. The van der Waals surface area contributed by atoms with Crippen LogP contribution in [0, 0.1) is 0 Å². The summed E-state index contributed by atoms with van der Waals surface area (Å²) in [6.07, 6.45) is 2.71. The third kappa shape index (κ3) is 4.18. The van der Waals surface area contributed by atoms with Crippen LogP contribution in [0.5, 0.6) is 0 Å². The molecule has 7 heteroatoms. The van der Waals surface area contributed by atoms with Crippen LogP contribution in [0.2, 0.25) is 5.15 Å². The number of imidazole rings is 1. The SMILES string of the molecule is CCCN[C@H]1CNCC[C@H]1NC(=O)c1nc(Cl)c(CC)[nH]1. The van der Waals surface area contributed by atoms with Crippen LogP contribution in [0.3, 0.4) is 0 Å². The van der Waals surface area contributed by atoms with Gasteiger partial charge in [0.05, 0.1) is 5.69 Å². The van der Waals surface area contributed by atoms with E-state index >= 15 is 0 Å². The Bertz CT molecular complexity index is 476. The molecule has 1 amide bonds. The Hall–Kier alpha value is -1.11. The third-order valence-electron chi connectivity index (χ3n) is 3.75. The molecule has 0 aromatic carbocycles. The van der Waals surface area contributed by atoms with Crippen LogP contribution in [-0.2, 0) is 6.42 Å². The van der Waals surface area contributed by atoms with E-state index in [2.05, 4.69) is 32.8 Å². The molecule has 1 aromatic rings. The first-order valence-electron chi connectivity index (χ1n) is 7.65. The number of aryl methyl sites for hydroxylation is 1. The molecule has 1 fully saturated rings. The summed E-state index contributed by atoms with van der Waals surface area (Å²) in [4.78, 5) is 19.4. The molecule has 2 heterocycles. The van der Waals surface area contributed by atoms with Crippen molar-refractivity contribution in [3.05, 3.63) is 16.7 Å². The number of hydrogen-bond donors (Lipinski definition) is 4. The van der Waals surface area contributed by atoms with Crippen LogP contribution in [0.1, 0.15) is 43.0 Å². The number of amides is 1. The van der Waals surface area contributed by atoms with Gasteiger partial charge in [0.1, 0.15) is 0 Å². The molecule has 1 aliphatic rings. The minimum atomic E-state index is -0.188. The van der Waals surface area contributed by atoms with E-state index in [1.54, 1.807) is 0 Å². The highest BCUT2D eigenvalue weighted by molar-refractivity contribution is 6.30. The molecule has 6 nitrogen and oxygen atoms in total. The topological polar surface area (TPSA) is 81.8 Å². The van der Waals surface area contributed by atoms with Crippen molar-refractivity contribution >= 4 is 17.5 Å². The smallest absolute Gasteiger partial charge is 0.287 e. The van der Waals surface area contributed by atoms with E-state index in [1.165, 1.54) is 0 Å². The first-order valence-corrected chi connectivity index (χ1v) is 8.02. The Kier molecular flexibility index (Phi) is 6.02. The van der Waals surface area contributed by atoms with Crippen molar-refractivity contribution < 1.29 is 4.79 Å². The first kappa shape index (κ1) is 16.3. The van der Waals surface area contributed by atoms with Gasteiger partial charge in [0.15, 0.2) is 11.0 Å². The quantitative estimate of drug-likeness (QED) is 0.633. The van der Waals surface area contributed by atoms with E-state index in [0.717, 1.165) is 44.6 Å². The van der Waals surface area contributed by atoms with Crippen molar-refractivity contribution in [2.75, 3.05) is 19.6 Å². The van der Waals surface area contributed by atoms with Gasteiger partial charge in [-0.15, -0.1) is 0 Å². The van der Waals surface area contributed by atoms with Crippen LogP contribution in [0.15, 0.2) is 0 Å². The number of aromatic amines is 1. The van der Waals surface area contributed by atoms with Gasteiger partial charge < -0.3 is 20.9 Å². The van der Waals surface area contributed by atoms with Gasteiger partial charge in [-0.25, -0.2) is 4.98 Å². The first-order chi connectivity index (χ1) is 10.2. The van der Waals surface area contributed by atoms with Gasteiger partial charge in [0.2, 0.25) is 0 Å². The third-order valence-corrected chi connectivity index (χ3v) is 4.06. The van der Waals surface area contributed by atoms with E-state index in [0.29, 0.717) is 11.0 Å². The molecular formula is C14H24ClN5O. The highest BCUT2D eigenvalue weighted by Gasteiger charge is 2.27.